The first-order valence-corrected chi connectivity index (χ1v) is 17.1. The number of aliphatic carboxylic acids is 1. The normalized spacial score (nSPS) is 17.1. The van der Waals surface area contributed by atoms with Crippen molar-refractivity contribution in [3.05, 3.63) is 68.8 Å². The van der Waals surface area contributed by atoms with Gasteiger partial charge in [-0.15, -0.1) is 0 Å². The molecule has 0 fully saturated rings. The fourth-order valence-corrected chi connectivity index (χ4v) is 7.30. The molecular weight excluding hydrogens is 638 g/mol. The number of amides is 1. The number of carbonyl (C=O) groups excluding carboxylic acids is 2. The van der Waals surface area contributed by atoms with Crippen molar-refractivity contribution < 1.29 is 34.4 Å². The van der Waals surface area contributed by atoms with Crippen LogP contribution in [0.25, 0.3) is 33.2 Å². The first-order valence-electron chi connectivity index (χ1n) is 17.1. The molecule has 12 nitrogen and oxygen atoms in total. The van der Waals surface area contributed by atoms with Gasteiger partial charge in [0.2, 0.25) is 0 Å². The van der Waals surface area contributed by atoms with E-state index in [-0.39, 0.29) is 30.0 Å². The Kier molecular flexibility index (Phi) is 10.6. The predicted octanol–water partition coefficient (Wildman–Crippen LogP) is 5.24. The van der Waals surface area contributed by atoms with Crippen molar-refractivity contribution in [1.82, 2.24) is 25.3 Å². The second kappa shape index (κ2) is 14.6. The molecule has 0 aliphatic carbocycles. The van der Waals surface area contributed by atoms with Gasteiger partial charge < -0.3 is 35.3 Å². The number of hydrogen-bond acceptors (Lipinski definition) is 8. The van der Waals surface area contributed by atoms with Gasteiger partial charge in [0.05, 0.1) is 60.3 Å². The van der Waals surface area contributed by atoms with Crippen molar-refractivity contribution >= 4 is 51.1 Å². The number of carboxylic acid groups (broad SMARTS) is 1. The van der Waals surface area contributed by atoms with E-state index in [1.165, 1.54) is 7.11 Å². The number of aliphatic hydroxyl groups excluding tert-OH is 2. The van der Waals surface area contributed by atoms with Crippen LogP contribution < -0.4 is 5.32 Å². The van der Waals surface area contributed by atoms with Gasteiger partial charge in [0.15, 0.2) is 0 Å². The number of aryl methyl sites for hydroxylation is 3. The van der Waals surface area contributed by atoms with Gasteiger partial charge in [-0.1, -0.05) is 27.7 Å². The number of hydrogen-bond donors (Lipinski definition) is 6. The van der Waals surface area contributed by atoms with Crippen LogP contribution in [0.15, 0.2) is 18.2 Å². The number of carbonyl (C=O) groups is 3. The second-order valence-electron chi connectivity index (χ2n) is 13.2. The number of carboxylic acids is 1. The summed E-state index contributed by atoms with van der Waals surface area (Å²) >= 11 is 0. The van der Waals surface area contributed by atoms with Gasteiger partial charge in [0.1, 0.15) is 0 Å². The minimum Gasteiger partial charge on any atom is -0.481 e. The van der Waals surface area contributed by atoms with E-state index in [1.807, 2.05) is 32.9 Å². The molecule has 2 aliphatic heterocycles. The largest absolute Gasteiger partial charge is 0.481 e. The molecule has 5 heterocycles. The summed E-state index contributed by atoms with van der Waals surface area (Å²) in [5.41, 5.74) is 10.6. The number of methoxy groups -OCH3 is 1. The Morgan fingerprint density at radius 1 is 0.960 bits per heavy atom. The molecule has 4 atom stereocenters. The third-order valence-corrected chi connectivity index (χ3v) is 10.3. The Bertz CT molecular complexity index is 2060. The molecule has 50 heavy (non-hydrogen) atoms. The first kappa shape index (κ1) is 36.5. The monoisotopic (exact) mass is 685 g/mol. The van der Waals surface area contributed by atoms with Crippen molar-refractivity contribution in [2.75, 3.05) is 20.3 Å². The molecule has 12 heteroatoms. The van der Waals surface area contributed by atoms with Crippen LogP contribution in [0.1, 0.15) is 108 Å². The molecule has 1 amide bonds. The average molecular weight is 686 g/mol. The van der Waals surface area contributed by atoms with E-state index in [4.69, 9.17) is 14.7 Å². The number of aliphatic hydroxyl groups is 2. The first-order chi connectivity index (χ1) is 23.8. The number of nitrogens with zero attached hydrogens (tertiary/aromatic N) is 2. The van der Waals surface area contributed by atoms with E-state index in [2.05, 4.69) is 35.2 Å². The van der Waals surface area contributed by atoms with Gasteiger partial charge in [-0.05, 0) is 79.6 Å². The average Bonchev–Trinajstić information content (AvgIpc) is 3.78. The predicted molar refractivity (Wildman–Crippen MR) is 192 cm³/mol. The van der Waals surface area contributed by atoms with Gasteiger partial charge in [0, 0.05) is 46.2 Å². The van der Waals surface area contributed by atoms with Crippen LogP contribution in [0.4, 0.5) is 0 Å². The van der Waals surface area contributed by atoms with Crippen LogP contribution in [-0.2, 0) is 27.2 Å². The van der Waals surface area contributed by atoms with Gasteiger partial charge >= 0.3 is 11.9 Å². The summed E-state index contributed by atoms with van der Waals surface area (Å²) in [4.78, 5) is 56.8. The summed E-state index contributed by atoms with van der Waals surface area (Å²) in [5, 5.41) is 32.4. The smallest absolute Gasteiger partial charge is 0.310 e. The Morgan fingerprint density at radius 2 is 1.64 bits per heavy atom. The van der Waals surface area contributed by atoms with E-state index >= 15 is 0 Å². The number of aromatic nitrogens is 4. The number of aromatic amines is 2. The fourth-order valence-electron chi connectivity index (χ4n) is 7.30. The molecule has 8 bridgehead atoms. The maximum Gasteiger partial charge on any atom is 0.310 e. The third kappa shape index (κ3) is 6.57. The van der Waals surface area contributed by atoms with Gasteiger partial charge in [-0.3, -0.25) is 19.4 Å². The maximum absolute atomic E-state index is 14.0. The highest BCUT2D eigenvalue weighted by Gasteiger charge is 2.39. The maximum atomic E-state index is 14.0. The van der Waals surface area contributed by atoms with Crippen LogP contribution in [0.5, 0.6) is 0 Å². The zero-order chi connectivity index (χ0) is 36.6. The van der Waals surface area contributed by atoms with Crippen LogP contribution in [0.2, 0.25) is 0 Å². The fraction of sp³-hybridized carbons (Fsp3) is 0.447. The molecular formula is C38H47N5O7. The lowest BCUT2D eigenvalue weighted by molar-refractivity contribution is -0.142. The summed E-state index contributed by atoms with van der Waals surface area (Å²) in [5.74, 6) is -4.09. The minimum atomic E-state index is -1.18. The number of nitrogens with one attached hydrogen (secondary N) is 3. The molecule has 6 N–H and O–H groups in total. The van der Waals surface area contributed by atoms with Crippen LogP contribution in [0.3, 0.4) is 0 Å². The van der Waals surface area contributed by atoms with Gasteiger partial charge in [0.25, 0.3) is 5.91 Å². The summed E-state index contributed by atoms with van der Waals surface area (Å²) in [6.07, 6.45) is 0.0107. The van der Waals surface area contributed by atoms with Crippen molar-refractivity contribution in [1.29, 1.82) is 0 Å². The molecule has 0 radical (unpaired) electrons. The third-order valence-electron chi connectivity index (χ3n) is 10.3. The molecule has 3 aromatic heterocycles. The zero-order valence-electron chi connectivity index (χ0n) is 29.9. The van der Waals surface area contributed by atoms with Crippen LogP contribution in [-0.4, -0.2) is 79.5 Å². The lowest BCUT2D eigenvalue weighted by atomic mass is 9.79. The lowest BCUT2D eigenvalue weighted by Crippen LogP contribution is -2.34. The Hall–Kier alpha value is -4.81. The van der Waals surface area contributed by atoms with Crippen molar-refractivity contribution in [2.24, 2.45) is 5.92 Å². The minimum absolute atomic E-state index is 0.198. The number of allylic oxidation sites excluding steroid dienone is 2. The summed E-state index contributed by atoms with van der Waals surface area (Å²) in [6, 6.07) is 5.90. The number of H-pyrrole nitrogens is 2. The van der Waals surface area contributed by atoms with Gasteiger partial charge in [-0.25, -0.2) is 4.98 Å². The van der Waals surface area contributed by atoms with E-state index < -0.39 is 42.4 Å². The topological polar surface area (TPSA) is 191 Å². The molecule has 5 rings (SSSR count). The molecule has 266 valence electrons. The quantitative estimate of drug-likeness (QED) is 0.155. The highest BCUT2D eigenvalue weighted by atomic mass is 16.5. The number of ether oxygens (including phenoxy) is 1. The van der Waals surface area contributed by atoms with Crippen molar-refractivity contribution in [2.45, 2.75) is 85.7 Å². The van der Waals surface area contributed by atoms with E-state index in [0.717, 1.165) is 51.1 Å². The summed E-state index contributed by atoms with van der Waals surface area (Å²) in [7, 11) is 1.27. The highest BCUT2D eigenvalue weighted by Crippen LogP contribution is 2.44. The van der Waals surface area contributed by atoms with E-state index in [9.17, 15) is 29.7 Å². The lowest BCUT2D eigenvalue weighted by Gasteiger charge is -2.22. The molecule has 4 unspecified atom stereocenters. The molecule has 2 aliphatic rings. The number of fused-ring (bicyclic) bond motifs is 8. The summed E-state index contributed by atoms with van der Waals surface area (Å²) < 4.78 is 5.12. The highest BCUT2D eigenvalue weighted by molar-refractivity contribution is 6.06. The second-order valence-corrected chi connectivity index (χ2v) is 13.2. The standard InChI is InChI=1S/C38H47N5O7/c1-9-23-17(3)26-12-28-19(5)33(21(7)38(48)49)35(42-28)25(11-32(46)50-8)36-34(37(47)39-15-22(45)16-44)20(6)29(43-36)14-31-24(10-2)18(4)27(41-31)13-30(23)40-26/h12-14,19,21-22,33,40,43-45H,9-11,15-16H2,1-8H3,(H,39,47)(H,48,49). The molecule has 0 saturated carbocycles. The Labute approximate surface area is 291 Å². The van der Waals surface area contributed by atoms with Crippen molar-refractivity contribution in [3.8, 4) is 0 Å². The number of esters is 1. The molecule has 0 saturated heterocycles. The van der Waals surface area contributed by atoms with Crippen LogP contribution in [0, 0.1) is 19.8 Å². The van der Waals surface area contributed by atoms with E-state index in [1.54, 1.807) is 13.8 Å². The number of rotatable bonds is 10. The Balaban J connectivity index is 2.04. The molecule has 0 aromatic carbocycles. The SMILES string of the molecule is CCC1=C(C)c2cc3[nH]c(cc4nc(c(CC(=O)OC)c5[nH]c(cc1n2)c(C)c5C(=O)NCC(O)CO)C(C(C)C(=O)O)C4C)c(C)c3CC. The molecule has 3 aromatic rings. The Morgan fingerprint density at radius 3 is 2.26 bits per heavy atom. The van der Waals surface area contributed by atoms with Crippen LogP contribution >= 0.6 is 0 Å². The summed E-state index contributed by atoms with van der Waals surface area (Å²) in [6.45, 7) is 12.8. The zero-order valence-corrected chi connectivity index (χ0v) is 29.9. The van der Waals surface area contributed by atoms with E-state index in [0.29, 0.717) is 34.5 Å². The molecule has 0 spiro atoms. The van der Waals surface area contributed by atoms with Crippen molar-refractivity contribution in [3.63, 3.8) is 0 Å². The van der Waals surface area contributed by atoms with Gasteiger partial charge in [-0.2, -0.15) is 0 Å².